The smallest absolute Gasteiger partial charge is 0.135 e. The quantitative estimate of drug-likeness (QED) is 0.739. The summed E-state index contributed by atoms with van der Waals surface area (Å²) in [5, 5.41) is 0. The number of carbonyl (C=O) groups excluding carboxylic acids is 2. The van der Waals surface area contributed by atoms with E-state index in [0.29, 0.717) is 35.7 Å². The third-order valence-electron chi connectivity index (χ3n) is 8.36. The molecule has 3 saturated carbocycles. The lowest BCUT2D eigenvalue weighted by Crippen LogP contribution is -2.58. The van der Waals surface area contributed by atoms with Gasteiger partial charge in [-0.2, -0.15) is 0 Å². The summed E-state index contributed by atoms with van der Waals surface area (Å²) in [6.07, 6.45) is 7.14. The van der Waals surface area contributed by atoms with Gasteiger partial charge in [-0.15, -0.1) is 0 Å². The van der Waals surface area contributed by atoms with E-state index in [1.807, 2.05) is 0 Å². The Kier molecular flexibility index (Phi) is 3.54. The average Bonchev–Trinajstić information content (AvgIpc) is 2.85. The van der Waals surface area contributed by atoms with Crippen molar-refractivity contribution >= 4 is 11.6 Å². The maximum Gasteiger partial charge on any atom is 0.135 e. The Morgan fingerprint density at radius 2 is 1.83 bits per heavy atom. The summed E-state index contributed by atoms with van der Waals surface area (Å²) >= 11 is 0. The number of hydrogen-bond acceptors (Lipinski definition) is 3. The summed E-state index contributed by atoms with van der Waals surface area (Å²) in [5.74, 6) is 2.92. The molecule has 0 aromatic rings. The van der Waals surface area contributed by atoms with Gasteiger partial charge >= 0.3 is 0 Å². The number of rotatable bonds is 1. The standard InChI is InChI=1S/C20H30O3/c1-12(21)15-4-5-16-14-11-23-18-10-13(22)6-8-20(18,3)17(14)7-9-19(15,16)2/h14-18H,4-11H2,1-3H3/t14-,15+,16-,17-,18-,19+,20+/m0/s1. The third-order valence-corrected chi connectivity index (χ3v) is 8.36. The van der Waals surface area contributed by atoms with Gasteiger partial charge in [0.15, 0.2) is 0 Å². The van der Waals surface area contributed by atoms with E-state index in [2.05, 4.69) is 13.8 Å². The summed E-state index contributed by atoms with van der Waals surface area (Å²) in [6, 6.07) is 0. The first-order valence-electron chi connectivity index (χ1n) is 9.50. The second-order valence-electron chi connectivity index (χ2n) is 9.23. The Morgan fingerprint density at radius 3 is 2.57 bits per heavy atom. The second kappa shape index (κ2) is 5.15. The molecule has 3 nitrogen and oxygen atoms in total. The van der Waals surface area contributed by atoms with Crippen LogP contribution < -0.4 is 0 Å². The van der Waals surface area contributed by atoms with Crippen LogP contribution in [0.2, 0.25) is 0 Å². The molecular weight excluding hydrogens is 288 g/mol. The molecule has 4 fully saturated rings. The van der Waals surface area contributed by atoms with Gasteiger partial charge in [0.25, 0.3) is 0 Å². The van der Waals surface area contributed by atoms with Crippen LogP contribution in [0.15, 0.2) is 0 Å². The first-order chi connectivity index (χ1) is 10.9. The van der Waals surface area contributed by atoms with Crippen molar-refractivity contribution in [2.75, 3.05) is 6.61 Å². The van der Waals surface area contributed by atoms with Gasteiger partial charge in [0.1, 0.15) is 11.6 Å². The zero-order chi connectivity index (χ0) is 16.4. The summed E-state index contributed by atoms with van der Waals surface area (Å²) in [7, 11) is 0. The molecule has 0 unspecified atom stereocenters. The lowest BCUT2D eigenvalue weighted by atomic mass is 9.49. The van der Waals surface area contributed by atoms with Crippen LogP contribution in [0.1, 0.15) is 65.7 Å². The highest BCUT2D eigenvalue weighted by Crippen LogP contribution is 2.64. The Bertz CT molecular complexity index is 541. The van der Waals surface area contributed by atoms with Gasteiger partial charge in [-0.05, 0) is 67.6 Å². The number of ether oxygens (including phenoxy) is 1. The van der Waals surface area contributed by atoms with Gasteiger partial charge in [0, 0.05) is 18.8 Å². The molecule has 0 amide bonds. The highest BCUT2D eigenvalue weighted by molar-refractivity contribution is 5.80. The van der Waals surface area contributed by atoms with Crippen LogP contribution in [-0.4, -0.2) is 24.3 Å². The summed E-state index contributed by atoms with van der Waals surface area (Å²) < 4.78 is 6.27. The molecule has 1 saturated heterocycles. The number of Topliss-reactive ketones (excluding diaryl/α,β-unsaturated/α-hetero) is 2. The van der Waals surface area contributed by atoms with E-state index in [9.17, 15) is 9.59 Å². The number of hydrogen-bond donors (Lipinski definition) is 0. The van der Waals surface area contributed by atoms with Gasteiger partial charge in [0.05, 0.1) is 12.7 Å². The van der Waals surface area contributed by atoms with Crippen LogP contribution in [0, 0.1) is 34.5 Å². The molecule has 0 aromatic carbocycles. The first-order valence-corrected chi connectivity index (χ1v) is 9.50. The molecule has 0 bridgehead atoms. The highest BCUT2D eigenvalue weighted by atomic mass is 16.5. The normalized spacial score (nSPS) is 52.5. The van der Waals surface area contributed by atoms with Crippen molar-refractivity contribution in [2.45, 2.75) is 71.8 Å². The van der Waals surface area contributed by atoms with Crippen LogP contribution in [0.3, 0.4) is 0 Å². The van der Waals surface area contributed by atoms with Crippen molar-refractivity contribution in [3.63, 3.8) is 0 Å². The Morgan fingerprint density at radius 1 is 1.09 bits per heavy atom. The Balaban J connectivity index is 1.63. The molecule has 23 heavy (non-hydrogen) atoms. The molecule has 128 valence electrons. The predicted octanol–water partition coefficient (Wildman–Crippen LogP) is 3.79. The second-order valence-corrected chi connectivity index (χ2v) is 9.23. The Hall–Kier alpha value is -0.700. The lowest BCUT2D eigenvalue weighted by molar-refractivity contribution is -0.199. The van der Waals surface area contributed by atoms with Crippen molar-refractivity contribution < 1.29 is 14.3 Å². The van der Waals surface area contributed by atoms with Crippen LogP contribution in [-0.2, 0) is 14.3 Å². The largest absolute Gasteiger partial charge is 0.377 e. The number of fused-ring (bicyclic) bond motifs is 5. The molecular formula is C20H30O3. The predicted molar refractivity (Wildman–Crippen MR) is 87.9 cm³/mol. The fraction of sp³-hybridized carbons (Fsp3) is 0.900. The van der Waals surface area contributed by atoms with Crippen molar-refractivity contribution in [1.29, 1.82) is 0 Å². The highest BCUT2D eigenvalue weighted by Gasteiger charge is 2.61. The molecule has 0 spiro atoms. The minimum absolute atomic E-state index is 0.138. The average molecular weight is 318 g/mol. The molecule has 0 N–H and O–H groups in total. The third kappa shape index (κ3) is 2.11. The molecule has 0 radical (unpaired) electrons. The number of ketones is 2. The SMILES string of the molecule is CC(=O)[C@H]1CC[C@H]2[C@@H]3CO[C@H]4CC(=O)CC[C@]4(C)[C@H]3CC[C@]12C. The van der Waals surface area contributed by atoms with E-state index >= 15 is 0 Å². The fourth-order valence-electron chi connectivity index (χ4n) is 7.02. The van der Waals surface area contributed by atoms with Gasteiger partial charge in [-0.3, -0.25) is 9.59 Å². The van der Waals surface area contributed by atoms with Crippen LogP contribution in [0.4, 0.5) is 0 Å². The van der Waals surface area contributed by atoms with E-state index < -0.39 is 0 Å². The molecule has 4 rings (SSSR count). The van der Waals surface area contributed by atoms with E-state index in [0.717, 1.165) is 25.9 Å². The van der Waals surface area contributed by atoms with Gasteiger partial charge in [0.2, 0.25) is 0 Å². The van der Waals surface area contributed by atoms with Gasteiger partial charge < -0.3 is 4.74 Å². The minimum Gasteiger partial charge on any atom is -0.377 e. The maximum absolute atomic E-state index is 12.1. The first kappa shape index (κ1) is 15.8. The topological polar surface area (TPSA) is 43.4 Å². The lowest BCUT2D eigenvalue weighted by Gasteiger charge is -2.59. The van der Waals surface area contributed by atoms with Crippen LogP contribution >= 0.6 is 0 Å². The van der Waals surface area contributed by atoms with E-state index in [4.69, 9.17) is 4.74 Å². The number of carbonyl (C=O) groups is 2. The molecule has 3 heteroatoms. The van der Waals surface area contributed by atoms with Gasteiger partial charge in [-0.25, -0.2) is 0 Å². The van der Waals surface area contributed by atoms with Crippen molar-refractivity contribution in [1.82, 2.24) is 0 Å². The zero-order valence-electron chi connectivity index (χ0n) is 14.8. The van der Waals surface area contributed by atoms with E-state index in [-0.39, 0.29) is 22.9 Å². The monoisotopic (exact) mass is 318 g/mol. The minimum atomic E-state index is 0.138. The van der Waals surface area contributed by atoms with Crippen molar-refractivity contribution in [3.8, 4) is 0 Å². The van der Waals surface area contributed by atoms with E-state index in [1.165, 1.54) is 19.3 Å². The van der Waals surface area contributed by atoms with Crippen LogP contribution in [0.25, 0.3) is 0 Å². The van der Waals surface area contributed by atoms with Gasteiger partial charge in [-0.1, -0.05) is 13.8 Å². The fourth-order valence-corrected chi connectivity index (χ4v) is 7.02. The van der Waals surface area contributed by atoms with Crippen molar-refractivity contribution in [2.24, 2.45) is 34.5 Å². The molecule has 7 atom stereocenters. The van der Waals surface area contributed by atoms with E-state index in [1.54, 1.807) is 6.92 Å². The molecule has 1 heterocycles. The summed E-state index contributed by atoms with van der Waals surface area (Å²) in [6.45, 7) is 7.34. The Labute approximate surface area is 139 Å². The molecule has 1 aliphatic heterocycles. The van der Waals surface area contributed by atoms with Crippen molar-refractivity contribution in [3.05, 3.63) is 0 Å². The molecule has 3 aliphatic carbocycles. The zero-order valence-corrected chi connectivity index (χ0v) is 14.8. The molecule has 0 aromatic heterocycles. The summed E-state index contributed by atoms with van der Waals surface area (Å²) in [4.78, 5) is 24.0. The maximum atomic E-state index is 12.1. The molecule has 4 aliphatic rings. The van der Waals surface area contributed by atoms with Crippen LogP contribution in [0.5, 0.6) is 0 Å². The summed E-state index contributed by atoms with van der Waals surface area (Å²) in [5.41, 5.74) is 0.358.